The highest BCUT2D eigenvalue weighted by atomic mass is 16.2. The van der Waals surface area contributed by atoms with Crippen LogP contribution in [0.3, 0.4) is 0 Å². The van der Waals surface area contributed by atoms with Gasteiger partial charge in [-0.2, -0.15) is 0 Å². The monoisotopic (exact) mass is 353 g/mol. The Labute approximate surface area is 154 Å². The highest BCUT2D eigenvalue weighted by molar-refractivity contribution is 5.90. The molecule has 6 heteroatoms. The van der Waals surface area contributed by atoms with E-state index in [1.807, 2.05) is 11.5 Å². The van der Waals surface area contributed by atoms with Crippen molar-refractivity contribution >= 4 is 5.91 Å². The first kappa shape index (κ1) is 17.2. The number of hydrogen-bond donors (Lipinski definition) is 1. The van der Waals surface area contributed by atoms with Gasteiger partial charge in [0, 0.05) is 39.1 Å². The number of nitrogens with zero attached hydrogens (tertiary/aromatic N) is 4. The molecule has 0 radical (unpaired) electrons. The number of hydrogen-bond acceptors (Lipinski definition) is 4. The third-order valence-corrected chi connectivity index (χ3v) is 5.72. The Balaban J connectivity index is 1.43. The van der Waals surface area contributed by atoms with Crippen LogP contribution in [0.15, 0.2) is 24.3 Å². The van der Waals surface area contributed by atoms with Gasteiger partial charge in [-0.05, 0) is 36.3 Å². The van der Waals surface area contributed by atoms with Crippen molar-refractivity contribution in [1.82, 2.24) is 25.0 Å². The molecule has 0 unspecified atom stereocenters. The summed E-state index contributed by atoms with van der Waals surface area (Å²) in [5, 5.41) is 11.3. The molecule has 138 valence electrons. The lowest BCUT2D eigenvalue weighted by atomic mass is 9.89. The summed E-state index contributed by atoms with van der Waals surface area (Å²) >= 11 is 0. The molecular formula is C20H27N5O. The molecule has 1 aromatic carbocycles. The molecule has 1 fully saturated rings. The number of nitrogens with one attached hydrogen (secondary N) is 1. The van der Waals surface area contributed by atoms with Gasteiger partial charge in [0.2, 0.25) is 5.82 Å². The van der Waals surface area contributed by atoms with E-state index >= 15 is 0 Å². The molecular weight excluding hydrogens is 326 g/mol. The van der Waals surface area contributed by atoms with E-state index in [4.69, 9.17) is 0 Å². The highest BCUT2D eigenvalue weighted by Crippen LogP contribution is 2.33. The maximum Gasteiger partial charge on any atom is 0.289 e. The summed E-state index contributed by atoms with van der Waals surface area (Å²) in [4.78, 5) is 14.7. The highest BCUT2D eigenvalue weighted by Gasteiger charge is 2.38. The Morgan fingerprint density at radius 1 is 1.08 bits per heavy atom. The molecule has 1 N–H and O–H groups in total. The van der Waals surface area contributed by atoms with Gasteiger partial charge < -0.3 is 9.88 Å². The van der Waals surface area contributed by atoms with E-state index in [1.165, 1.54) is 11.1 Å². The fraction of sp³-hybridized carbons (Fsp3) is 0.550. The average molecular weight is 353 g/mol. The van der Waals surface area contributed by atoms with E-state index in [9.17, 15) is 4.79 Å². The second-order valence-corrected chi connectivity index (χ2v) is 7.50. The first-order valence-electron chi connectivity index (χ1n) is 9.68. The van der Waals surface area contributed by atoms with E-state index in [2.05, 4.69) is 51.6 Å². The molecule has 0 saturated carbocycles. The fourth-order valence-corrected chi connectivity index (χ4v) is 4.30. The number of amides is 1. The smallest absolute Gasteiger partial charge is 0.289 e. The second kappa shape index (κ2) is 7.19. The quantitative estimate of drug-likeness (QED) is 0.892. The van der Waals surface area contributed by atoms with Crippen LogP contribution in [0.2, 0.25) is 0 Å². The van der Waals surface area contributed by atoms with Gasteiger partial charge in [0.05, 0.1) is 0 Å². The van der Waals surface area contributed by atoms with Crippen LogP contribution < -0.4 is 5.32 Å². The summed E-state index contributed by atoms with van der Waals surface area (Å²) in [6.45, 7) is 8.75. The molecule has 0 aliphatic carbocycles. The van der Waals surface area contributed by atoms with Crippen LogP contribution in [0.1, 0.15) is 41.4 Å². The van der Waals surface area contributed by atoms with E-state index in [0.29, 0.717) is 24.2 Å². The van der Waals surface area contributed by atoms with Crippen molar-refractivity contribution in [2.45, 2.75) is 39.8 Å². The Bertz CT molecular complexity index is 782. The summed E-state index contributed by atoms with van der Waals surface area (Å²) in [7, 11) is 0. The molecule has 2 aliphatic rings. The summed E-state index contributed by atoms with van der Waals surface area (Å²) < 4.78 is 2.03. The number of likely N-dealkylation sites (tertiary alicyclic amines) is 1. The van der Waals surface area contributed by atoms with Crippen LogP contribution >= 0.6 is 0 Å². The lowest BCUT2D eigenvalue weighted by molar-refractivity contribution is 0.0937. The largest absolute Gasteiger partial charge is 0.350 e. The summed E-state index contributed by atoms with van der Waals surface area (Å²) in [6, 6.07) is 8.97. The molecule has 1 saturated heterocycles. The Morgan fingerprint density at radius 2 is 1.81 bits per heavy atom. The summed E-state index contributed by atoms with van der Waals surface area (Å²) in [6.07, 6.45) is 2.00. The van der Waals surface area contributed by atoms with Crippen molar-refractivity contribution in [1.29, 1.82) is 0 Å². The van der Waals surface area contributed by atoms with Crippen LogP contribution in [0.25, 0.3) is 0 Å². The van der Waals surface area contributed by atoms with Crippen molar-refractivity contribution in [2.75, 3.05) is 19.6 Å². The van der Waals surface area contributed by atoms with E-state index < -0.39 is 0 Å². The van der Waals surface area contributed by atoms with Gasteiger partial charge in [0.15, 0.2) is 0 Å². The molecule has 26 heavy (non-hydrogen) atoms. The van der Waals surface area contributed by atoms with E-state index in [1.54, 1.807) is 0 Å². The summed E-state index contributed by atoms with van der Waals surface area (Å²) in [5.74, 6) is 2.50. The van der Waals surface area contributed by atoms with Crippen LogP contribution in [-0.4, -0.2) is 45.2 Å². The predicted molar refractivity (Wildman–Crippen MR) is 99.8 cm³/mol. The van der Waals surface area contributed by atoms with Crippen LogP contribution in [0, 0.1) is 11.8 Å². The van der Waals surface area contributed by atoms with Crippen molar-refractivity contribution in [3.05, 3.63) is 47.0 Å². The standard InChI is InChI=1S/C20H27N5O/c1-3-14-5-7-15(8-6-14)10-24-11-16-9-18-22-23-19(20(26)21-4-2)25(18)13-17(16)12-24/h5-8,16-17H,3-4,9-13H2,1-2H3,(H,21,26)/t16-,17+/m1/s1. The lowest BCUT2D eigenvalue weighted by Gasteiger charge is -2.25. The zero-order chi connectivity index (χ0) is 18.1. The zero-order valence-corrected chi connectivity index (χ0v) is 15.6. The molecule has 2 atom stereocenters. The zero-order valence-electron chi connectivity index (χ0n) is 15.6. The van der Waals surface area contributed by atoms with Crippen molar-refractivity contribution in [2.24, 2.45) is 11.8 Å². The third-order valence-electron chi connectivity index (χ3n) is 5.72. The third kappa shape index (κ3) is 3.26. The maximum absolute atomic E-state index is 12.2. The molecule has 2 aromatic rings. The maximum atomic E-state index is 12.2. The molecule has 6 nitrogen and oxygen atoms in total. The van der Waals surface area contributed by atoms with Gasteiger partial charge >= 0.3 is 0 Å². The molecule has 1 aromatic heterocycles. The van der Waals surface area contributed by atoms with Gasteiger partial charge in [0.25, 0.3) is 5.91 Å². The van der Waals surface area contributed by atoms with Crippen LogP contribution in [0.5, 0.6) is 0 Å². The number of carbonyl (C=O) groups is 1. The van der Waals surface area contributed by atoms with E-state index in [-0.39, 0.29) is 5.91 Å². The lowest BCUT2D eigenvalue weighted by Crippen LogP contribution is -2.33. The molecule has 0 spiro atoms. The van der Waals surface area contributed by atoms with Crippen LogP contribution in [-0.2, 0) is 25.9 Å². The fourth-order valence-electron chi connectivity index (χ4n) is 4.30. The molecule has 2 aliphatic heterocycles. The second-order valence-electron chi connectivity index (χ2n) is 7.50. The topological polar surface area (TPSA) is 63.1 Å². The first-order valence-corrected chi connectivity index (χ1v) is 9.68. The Morgan fingerprint density at radius 3 is 2.54 bits per heavy atom. The normalized spacial score (nSPS) is 22.1. The average Bonchev–Trinajstić information content (AvgIpc) is 3.23. The number of carbonyl (C=O) groups excluding carboxylic acids is 1. The van der Waals surface area contributed by atoms with Gasteiger partial charge in [0.1, 0.15) is 5.82 Å². The minimum Gasteiger partial charge on any atom is -0.350 e. The number of benzene rings is 1. The van der Waals surface area contributed by atoms with Crippen LogP contribution in [0.4, 0.5) is 0 Å². The molecule has 0 bridgehead atoms. The van der Waals surface area contributed by atoms with Crippen molar-refractivity contribution in [3.63, 3.8) is 0 Å². The van der Waals surface area contributed by atoms with Gasteiger partial charge in [-0.1, -0.05) is 31.2 Å². The molecule has 4 rings (SSSR count). The number of rotatable bonds is 5. The predicted octanol–water partition coefficient (Wildman–Crippen LogP) is 1.89. The minimum absolute atomic E-state index is 0.115. The first-order chi connectivity index (χ1) is 12.7. The van der Waals surface area contributed by atoms with Gasteiger partial charge in [-0.15, -0.1) is 10.2 Å². The Kier molecular flexibility index (Phi) is 4.76. The van der Waals surface area contributed by atoms with Crippen molar-refractivity contribution in [3.8, 4) is 0 Å². The SMILES string of the molecule is CCNC(=O)c1nnc2n1C[C@@H]1CN(Cc3ccc(CC)cc3)C[C@H]1C2. The van der Waals surface area contributed by atoms with Gasteiger partial charge in [-0.3, -0.25) is 9.69 Å². The minimum atomic E-state index is -0.115. The number of aromatic nitrogens is 3. The molecule has 1 amide bonds. The summed E-state index contributed by atoms with van der Waals surface area (Å²) in [5.41, 5.74) is 2.77. The number of aryl methyl sites for hydroxylation is 1. The van der Waals surface area contributed by atoms with Gasteiger partial charge in [-0.25, -0.2) is 0 Å². The number of fused-ring (bicyclic) bond motifs is 2. The Hall–Kier alpha value is -2.21. The van der Waals surface area contributed by atoms with Crippen molar-refractivity contribution < 1.29 is 4.79 Å². The molecule has 3 heterocycles. The van der Waals surface area contributed by atoms with E-state index in [0.717, 1.165) is 44.8 Å².